The van der Waals surface area contributed by atoms with Gasteiger partial charge in [0, 0.05) is 29.9 Å². The van der Waals surface area contributed by atoms with Gasteiger partial charge in [0.15, 0.2) is 0 Å². The molecule has 34 heavy (non-hydrogen) atoms. The molecule has 1 N–H and O–H groups in total. The van der Waals surface area contributed by atoms with E-state index in [-0.39, 0.29) is 30.4 Å². The molecular weight excluding hydrogens is 489 g/mol. The maximum Gasteiger partial charge on any atom is 0.276 e. The summed E-state index contributed by atoms with van der Waals surface area (Å²) in [6.07, 6.45) is 1.30. The van der Waals surface area contributed by atoms with Gasteiger partial charge in [-0.25, -0.2) is 0 Å². The van der Waals surface area contributed by atoms with E-state index in [4.69, 9.17) is 4.42 Å². The van der Waals surface area contributed by atoms with Crippen LogP contribution in [-0.4, -0.2) is 34.7 Å². The first kappa shape index (κ1) is 28.0. The van der Waals surface area contributed by atoms with Gasteiger partial charge in [-0.2, -0.15) is 16.7 Å². The number of aromatic nitrogens is 2. The van der Waals surface area contributed by atoms with Crippen molar-refractivity contribution in [2.24, 2.45) is 0 Å². The number of hydrogen-bond donors (Lipinski definition) is 1. The number of thioether (sulfide) groups is 1. The molecule has 5 nitrogen and oxygen atoms in total. The van der Waals surface area contributed by atoms with Crippen LogP contribution in [0.5, 0.6) is 0 Å². The van der Waals surface area contributed by atoms with Gasteiger partial charge < -0.3 is 14.3 Å². The Morgan fingerprint density at radius 2 is 1.74 bits per heavy atom. The van der Waals surface area contributed by atoms with E-state index in [1.54, 1.807) is 11.8 Å². The molecule has 2 aromatic heterocycles. The summed E-state index contributed by atoms with van der Waals surface area (Å²) in [6, 6.07) is 18.6. The van der Waals surface area contributed by atoms with Crippen molar-refractivity contribution in [1.82, 2.24) is 14.9 Å². The topological polar surface area (TPSA) is 62.1 Å². The minimum absolute atomic E-state index is 0. The number of nitrogens with one attached hydrogen (secondary N) is 1. The summed E-state index contributed by atoms with van der Waals surface area (Å²) in [7, 11) is 4.06. The molecule has 0 spiro atoms. The number of nitrogens with zero attached hydrogens (tertiary/aromatic N) is 2. The molecule has 0 unspecified atom stereocenters. The predicted molar refractivity (Wildman–Crippen MR) is 147 cm³/mol. The Hall–Kier alpha value is -2.25. The Kier molecular flexibility index (Phi) is 10.7. The van der Waals surface area contributed by atoms with Crippen LogP contribution in [0.1, 0.15) is 34.2 Å². The van der Waals surface area contributed by atoms with E-state index in [1.165, 1.54) is 10.8 Å². The summed E-state index contributed by atoms with van der Waals surface area (Å²) in [5.41, 5.74) is 2.65. The van der Waals surface area contributed by atoms with Crippen LogP contribution in [-0.2, 0) is 25.1 Å². The lowest BCUT2D eigenvalue weighted by Gasteiger charge is -2.10. The highest BCUT2D eigenvalue weighted by atomic mass is 35.5. The standard InChI is InChI=1S/C26H29N3O2S.2ClH/c1-18-24(15-20-9-6-8-19-7-4-5-10-23(19)20)26(30)28-25(27-18)13-14-32-17-22-12-11-21(31-22)16-29(2)3;;/h4-12H,13-17H2,1-3H3,(H,27,28,30);2*1H. The average molecular weight is 521 g/mol. The van der Waals surface area contributed by atoms with Crippen molar-refractivity contribution in [2.45, 2.75) is 32.1 Å². The first-order valence-corrected chi connectivity index (χ1v) is 12.0. The number of H-pyrrole nitrogens is 1. The van der Waals surface area contributed by atoms with Crippen LogP contribution < -0.4 is 5.56 Å². The molecule has 8 heteroatoms. The lowest BCUT2D eigenvalue weighted by molar-refractivity contribution is 0.344. The zero-order valence-electron chi connectivity index (χ0n) is 19.7. The molecule has 0 radical (unpaired) electrons. The Morgan fingerprint density at radius 1 is 1.00 bits per heavy atom. The summed E-state index contributed by atoms with van der Waals surface area (Å²) in [5, 5.41) is 2.37. The fraction of sp³-hybridized carbons (Fsp3) is 0.308. The lowest BCUT2D eigenvalue weighted by Crippen LogP contribution is -2.20. The number of aryl methyl sites for hydroxylation is 2. The smallest absolute Gasteiger partial charge is 0.276 e. The molecule has 182 valence electrons. The number of halogens is 2. The van der Waals surface area contributed by atoms with E-state index in [0.717, 1.165) is 58.6 Å². The van der Waals surface area contributed by atoms with E-state index in [1.807, 2.05) is 51.4 Å². The van der Waals surface area contributed by atoms with Gasteiger partial charge in [-0.15, -0.1) is 24.8 Å². The van der Waals surface area contributed by atoms with Crippen LogP contribution in [0.3, 0.4) is 0 Å². The number of benzene rings is 2. The molecular formula is C26H31Cl2N3O2S. The number of hydrogen-bond acceptors (Lipinski definition) is 5. The molecule has 0 aliphatic rings. The van der Waals surface area contributed by atoms with Gasteiger partial charge in [0.1, 0.15) is 17.3 Å². The molecule has 0 aliphatic heterocycles. The molecule has 4 rings (SSSR count). The average Bonchev–Trinajstić information content (AvgIpc) is 3.20. The molecule has 0 atom stereocenters. The van der Waals surface area contributed by atoms with Crippen LogP contribution >= 0.6 is 36.6 Å². The Morgan fingerprint density at radius 3 is 2.50 bits per heavy atom. The zero-order chi connectivity index (χ0) is 22.5. The van der Waals surface area contributed by atoms with Gasteiger partial charge in [-0.05, 0) is 49.5 Å². The molecule has 0 aliphatic carbocycles. The molecule has 0 fully saturated rings. The number of fused-ring (bicyclic) bond motifs is 1. The second kappa shape index (κ2) is 13.0. The third kappa shape index (κ3) is 7.12. The lowest BCUT2D eigenvalue weighted by atomic mass is 9.98. The van der Waals surface area contributed by atoms with Crippen LogP contribution in [0.25, 0.3) is 10.8 Å². The fourth-order valence-corrected chi connectivity index (χ4v) is 4.71. The van der Waals surface area contributed by atoms with Crippen LogP contribution in [0, 0.1) is 6.92 Å². The van der Waals surface area contributed by atoms with Crippen molar-refractivity contribution in [3.63, 3.8) is 0 Å². The molecule has 0 saturated heterocycles. The second-order valence-electron chi connectivity index (χ2n) is 8.32. The minimum Gasteiger partial charge on any atom is -0.464 e. The zero-order valence-corrected chi connectivity index (χ0v) is 22.1. The van der Waals surface area contributed by atoms with Crippen LogP contribution in [0.15, 0.2) is 63.8 Å². The van der Waals surface area contributed by atoms with Crippen molar-refractivity contribution in [1.29, 1.82) is 0 Å². The molecule has 4 aromatic rings. The first-order chi connectivity index (χ1) is 15.5. The van der Waals surface area contributed by atoms with E-state index >= 15 is 0 Å². The largest absolute Gasteiger partial charge is 0.464 e. The fourth-order valence-electron chi connectivity index (χ4n) is 3.87. The maximum absolute atomic E-state index is 12.8. The molecule has 0 bridgehead atoms. The summed E-state index contributed by atoms with van der Waals surface area (Å²) in [6.45, 7) is 2.77. The van der Waals surface area contributed by atoms with E-state index in [9.17, 15) is 4.79 Å². The highest BCUT2D eigenvalue weighted by Crippen LogP contribution is 2.21. The van der Waals surface area contributed by atoms with Gasteiger partial charge in [-0.1, -0.05) is 42.5 Å². The van der Waals surface area contributed by atoms with Crippen molar-refractivity contribution < 1.29 is 4.42 Å². The Bertz CT molecular complexity index is 1270. The number of furan rings is 1. The third-order valence-electron chi connectivity index (χ3n) is 5.44. The van der Waals surface area contributed by atoms with Crippen LogP contribution in [0.2, 0.25) is 0 Å². The Balaban J connectivity index is 0.00000204. The van der Waals surface area contributed by atoms with Gasteiger partial charge in [0.05, 0.1) is 12.3 Å². The molecule has 0 amide bonds. The van der Waals surface area contributed by atoms with Crippen molar-refractivity contribution in [3.8, 4) is 0 Å². The van der Waals surface area contributed by atoms with Crippen molar-refractivity contribution in [3.05, 3.63) is 99.1 Å². The van der Waals surface area contributed by atoms with Crippen molar-refractivity contribution >= 4 is 47.3 Å². The van der Waals surface area contributed by atoms with Crippen LogP contribution in [0.4, 0.5) is 0 Å². The Labute approximate surface area is 217 Å². The monoisotopic (exact) mass is 519 g/mol. The van der Waals surface area contributed by atoms with Gasteiger partial charge in [-0.3, -0.25) is 4.79 Å². The highest BCUT2D eigenvalue weighted by Gasteiger charge is 2.11. The maximum atomic E-state index is 12.8. The SMILES string of the molecule is Cc1[nH]c(CCSCc2ccc(CN(C)C)o2)nc(=O)c1Cc1cccc2ccccc12.Cl.Cl. The molecule has 0 saturated carbocycles. The third-order valence-corrected chi connectivity index (χ3v) is 6.42. The summed E-state index contributed by atoms with van der Waals surface area (Å²) in [4.78, 5) is 22.6. The van der Waals surface area contributed by atoms with Gasteiger partial charge in [0.25, 0.3) is 5.56 Å². The second-order valence-corrected chi connectivity index (χ2v) is 9.42. The summed E-state index contributed by atoms with van der Waals surface area (Å²) < 4.78 is 5.85. The van der Waals surface area contributed by atoms with Gasteiger partial charge >= 0.3 is 0 Å². The highest BCUT2D eigenvalue weighted by molar-refractivity contribution is 7.98. The summed E-state index contributed by atoms with van der Waals surface area (Å²) >= 11 is 1.78. The van der Waals surface area contributed by atoms with Crippen molar-refractivity contribution in [2.75, 3.05) is 19.8 Å². The molecule has 2 aromatic carbocycles. The van der Waals surface area contributed by atoms with Gasteiger partial charge in [0.2, 0.25) is 0 Å². The molecule has 2 heterocycles. The van der Waals surface area contributed by atoms with E-state index < -0.39 is 0 Å². The normalized spacial score (nSPS) is 10.8. The quantitative estimate of drug-likeness (QED) is 0.283. The number of aromatic amines is 1. The summed E-state index contributed by atoms with van der Waals surface area (Å²) in [5.74, 6) is 4.39. The predicted octanol–water partition coefficient (Wildman–Crippen LogP) is 5.80. The van der Waals surface area contributed by atoms with E-state index in [0.29, 0.717) is 6.42 Å². The minimum atomic E-state index is -0.131. The van der Waals surface area contributed by atoms with E-state index in [2.05, 4.69) is 39.1 Å². The number of rotatable bonds is 9. The first-order valence-electron chi connectivity index (χ1n) is 10.8.